The third-order valence-corrected chi connectivity index (χ3v) is 5.39. The molecule has 1 aromatic rings. The molecule has 0 radical (unpaired) electrons. The van der Waals surface area contributed by atoms with E-state index in [1.165, 1.54) is 11.3 Å². The maximum Gasteiger partial charge on any atom is 0.338 e. The predicted octanol–water partition coefficient (Wildman–Crippen LogP) is 2.96. The number of fused-ring (bicyclic) bond motifs is 1. The van der Waals surface area contributed by atoms with Gasteiger partial charge in [-0.3, -0.25) is 9.69 Å². The molecule has 1 amide bonds. The van der Waals surface area contributed by atoms with E-state index in [1.807, 2.05) is 17.5 Å². The minimum atomic E-state index is -0.424. The van der Waals surface area contributed by atoms with E-state index in [9.17, 15) is 9.59 Å². The van der Waals surface area contributed by atoms with Crippen molar-refractivity contribution in [2.75, 3.05) is 12.4 Å². The number of allylic oxidation sites excluding steroid dienone is 1. The molecule has 0 bridgehead atoms. The van der Waals surface area contributed by atoms with Gasteiger partial charge in [0.05, 0.1) is 17.9 Å². The highest BCUT2D eigenvalue weighted by atomic mass is 32.2. The molecule has 0 N–H and O–H groups in total. The van der Waals surface area contributed by atoms with Crippen LogP contribution in [0.15, 0.2) is 33.8 Å². The molecule has 0 aromatic carbocycles. The number of ether oxygens (including phenoxy) is 1. The van der Waals surface area contributed by atoms with E-state index in [0.717, 1.165) is 10.6 Å². The lowest BCUT2D eigenvalue weighted by atomic mass is 10.00. The van der Waals surface area contributed by atoms with Gasteiger partial charge < -0.3 is 4.74 Å². The molecule has 1 aromatic heterocycles. The molecule has 0 spiro atoms. The molecule has 22 heavy (non-hydrogen) atoms. The molecule has 5 nitrogen and oxygen atoms in total. The van der Waals surface area contributed by atoms with Gasteiger partial charge in [-0.2, -0.15) is 0 Å². The van der Waals surface area contributed by atoms with Gasteiger partial charge in [0.2, 0.25) is 5.91 Å². The number of hydrogen-bond donors (Lipinski definition) is 0. The summed E-state index contributed by atoms with van der Waals surface area (Å²) in [5.74, 6) is 0.336. The van der Waals surface area contributed by atoms with Crippen molar-refractivity contribution in [3.8, 4) is 0 Å². The molecule has 0 aliphatic carbocycles. The largest absolute Gasteiger partial charge is 0.463 e. The van der Waals surface area contributed by atoms with Crippen molar-refractivity contribution in [2.24, 2.45) is 4.99 Å². The van der Waals surface area contributed by atoms with E-state index in [2.05, 4.69) is 4.99 Å². The fraction of sp³-hybridized carbons (Fsp3) is 0.400. The maximum absolute atomic E-state index is 12.4. The fourth-order valence-corrected chi connectivity index (χ4v) is 4.41. The lowest BCUT2D eigenvalue weighted by molar-refractivity contribution is -0.139. The van der Waals surface area contributed by atoms with Crippen LogP contribution in [0.5, 0.6) is 0 Å². The Balaban J connectivity index is 2.12. The number of amides is 1. The van der Waals surface area contributed by atoms with Crippen molar-refractivity contribution in [1.29, 1.82) is 0 Å². The number of thioether (sulfide) groups is 1. The summed E-state index contributed by atoms with van der Waals surface area (Å²) in [4.78, 5) is 31.9. The van der Waals surface area contributed by atoms with Gasteiger partial charge in [-0.05, 0) is 25.3 Å². The maximum atomic E-state index is 12.4. The van der Waals surface area contributed by atoms with Crippen LogP contribution in [0.25, 0.3) is 0 Å². The van der Waals surface area contributed by atoms with Crippen LogP contribution in [-0.4, -0.2) is 34.3 Å². The van der Waals surface area contributed by atoms with Gasteiger partial charge in [-0.1, -0.05) is 17.8 Å². The average Bonchev–Trinajstić information content (AvgIpc) is 3.00. The van der Waals surface area contributed by atoms with Crippen molar-refractivity contribution in [3.63, 3.8) is 0 Å². The number of thiophene rings is 1. The van der Waals surface area contributed by atoms with Crippen LogP contribution in [0.1, 0.15) is 31.2 Å². The van der Waals surface area contributed by atoms with Gasteiger partial charge in [-0.25, -0.2) is 9.79 Å². The van der Waals surface area contributed by atoms with Crippen LogP contribution >= 0.6 is 23.1 Å². The van der Waals surface area contributed by atoms with Crippen molar-refractivity contribution in [2.45, 2.75) is 26.3 Å². The topological polar surface area (TPSA) is 59.0 Å². The van der Waals surface area contributed by atoms with E-state index in [1.54, 1.807) is 30.5 Å². The standard InChI is InChI=1S/C15H16N2O3S2/c1-3-20-14(19)12-9(2)16-15-17(11(18)6-8-22-15)13(12)10-5-4-7-21-10/h4-5,7,13H,3,6,8H2,1-2H3/t13-/m0/s1. The molecular formula is C15H16N2O3S2. The average molecular weight is 336 g/mol. The first-order valence-corrected chi connectivity index (χ1v) is 8.94. The van der Waals surface area contributed by atoms with Crippen LogP contribution in [-0.2, 0) is 14.3 Å². The van der Waals surface area contributed by atoms with Gasteiger partial charge >= 0.3 is 5.97 Å². The van der Waals surface area contributed by atoms with E-state index in [4.69, 9.17) is 4.74 Å². The molecule has 3 heterocycles. The lowest BCUT2D eigenvalue weighted by Gasteiger charge is -2.38. The monoisotopic (exact) mass is 336 g/mol. The minimum absolute atomic E-state index is 0.00481. The van der Waals surface area contributed by atoms with Crippen LogP contribution in [0.4, 0.5) is 0 Å². The van der Waals surface area contributed by atoms with Crippen molar-refractivity contribution < 1.29 is 14.3 Å². The summed E-state index contributed by atoms with van der Waals surface area (Å²) in [7, 11) is 0. The number of nitrogens with zero attached hydrogens (tertiary/aromatic N) is 2. The van der Waals surface area contributed by atoms with Crippen LogP contribution in [0.2, 0.25) is 0 Å². The summed E-state index contributed by atoms with van der Waals surface area (Å²) in [5, 5.41) is 2.63. The summed E-state index contributed by atoms with van der Waals surface area (Å²) < 4.78 is 5.19. The minimum Gasteiger partial charge on any atom is -0.463 e. The summed E-state index contributed by atoms with van der Waals surface area (Å²) in [6.07, 6.45) is 0.459. The number of esters is 1. The second-order valence-corrected chi connectivity index (χ2v) is 6.94. The Labute approximate surface area is 137 Å². The zero-order valence-corrected chi connectivity index (χ0v) is 14.0. The number of rotatable bonds is 3. The molecule has 0 saturated carbocycles. The molecule has 116 valence electrons. The Kier molecular flexibility index (Phi) is 4.35. The van der Waals surface area contributed by atoms with E-state index >= 15 is 0 Å². The lowest BCUT2D eigenvalue weighted by Crippen LogP contribution is -2.45. The zero-order chi connectivity index (χ0) is 15.7. The molecule has 2 aliphatic heterocycles. The number of carbonyl (C=O) groups is 2. The van der Waals surface area contributed by atoms with Crippen LogP contribution in [0, 0.1) is 0 Å². The third kappa shape index (κ3) is 2.59. The van der Waals surface area contributed by atoms with E-state index < -0.39 is 12.0 Å². The highest BCUT2D eigenvalue weighted by molar-refractivity contribution is 8.14. The first kappa shape index (κ1) is 15.3. The molecular weight excluding hydrogens is 320 g/mol. The number of hydrogen-bond acceptors (Lipinski definition) is 6. The van der Waals surface area contributed by atoms with Gasteiger partial charge in [0.15, 0.2) is 5.17 Å². The second kappa shape index (κ2) is 6.26. The number of amidine groups is 1. The summed E-state index contributed by atoms with van der Waals surface area (Å²) >= 11 is 3.08. The number of aliphatic imine (C=N–C) groups is 1. The summed E-state index contributed by atoms with van der Waals surface area (Å²) in [5.41, 5.74) is 1.09. The van der Waals surface area contributed by atoms with Gasteiger partial charge in [-0.15, -0.1) is 11.3 Å². The Morgan fingerprint density at radius 2 is 2.36 bits per heavy atom. The molecule has 7 heteroatoms. The van der Waals surface area contributed by atoms with Crippen molar-refractivity contribution in [3.05, 3.63) is 33.7 Å². The molecule has 1 atom stereocenters. The molecule has 2 aliphatic rings. The smallest absolute Gasteiger partial charge is 0.338 e. The Morgan fingerprint density at radius 1 is 1.55 bits per heavy atom. The second-order valence-electron chi connectivity index (χ2n) is 4.89. The molecule has 3 rings (SSSR count). The molecule has 1 saturated heterocycles. The first-order valence-electron chi connectivity index (χ1n) is 7.08. The SMILES string of the molecule is CCOC(=O)C1=C(C)N=C2SCCC(=O)N2[C@H]1c1cccs1. The van der Waals surface area contributed by atoms with Crippen LogP contribution in [0.3, 0.4) is 0 Å². The van der Waals surface area contributed by atoms with E-state index in [0.29, 0.717) is 29.5 Å². The quantitative estimate of drug-likeness (QED) is 0.796. The van der Waals surface area contributed by atoms with Crippen molar-refractivity contribution >= 4 is 40.1 Å². The summed E-state index contributed by atoms with van der Waals surface area (Å²) in [6.45, 7) is 3.87. The highest BCUT2D eigenvalue weighted by Crippen LogP contribution is 2.41. The molecule has 0 unspecified atom stereocenters. The fourth-order valence-electron chi connectivity index (χ4n) is 2.58. The van der Waals surface area contributed by atoms with E-state index in [-0.39, 0.29) is 5.91 Å². The van der Waals surface area contributed by atoms with Crippen molar-refractivity contribution in [1.82, 2.24) is 4.90 Å². The molecule has 1 fully saturated rings. The number of carbonyl (C=O) groups excluding carboxylic acids is 2. The van der Waals surface area contributed by atoms with Crippen LogP contribution < -0.4 is 0 Å². The van der Waals surface area contributed by atoms with Gasteiger partial charge in [0.25, 0.3) is 0 Å². The van der Waals surface area contributed by atoms with Gasteiger partial charge in [0, 0.05) is 17.1 Å². The highest BCUT2D eigenvalue weighted by Gasteiger charge is 2.41. The zero-order valence-electron chi connectivity index (χ0n) is 12.4. The summed E-state index contributed by atoms with van der Waals surface area (Å²) in [6, 6.07) is 3.44. The predicted molar refractivity (Wildman–Crippen MR) is 87.7 cm³/mol. The Morgan fingerprint density at radius 3 is 3.05 bits per heavy atom. The van der Waals surface area contributed by atoms with Gasteiger partial charge in [0.1, 0.15) is 6.04 Å². The Hall–Kier alpha value is -1.60. The normalized spacial score (nSPS) is 21.5. The Bertz CT molecular complexity index is 664. The third-order valence-electron chi connectivity index (χ3n) is 3.51. The first-order chi connectivity index (χ1) is 10.6.